The number of nitrogens with zero attached hydrogens (tertiary/aromatic N) is 2. The fourth-order valence-electron chi connectivity index (χ4n) is 2.14. The van der Waals surface area contributed by atoms with E-state index in [0.29, 0.717) is 5.92 Å². The van der Waals surface area contributed by atoms with Gasteiger partial charge in [0.2, 0.25) is 0 Å². The van der Waals surface area contributed by atoms with E-state index in [1.165, 1.54) is 30.8 Å². The summed E-state index contributed by atoms with van der Waals surface area (Å²) in [6.07, 6.45) is 4.63. The molecule has 0 amide bonds. The summed E-state index contributed by atoms with van der Waals surface area (Å²) in [5.41, 5.74) is 1.07. The zero-order valence-corrected chi connectivity index (χ0v) is 11.4. The maximum absolute atomic E-state index is 11.1. The Morgan fingerprint density at radius 1 is 1.29 bits per heavy atom. The Kier molecular flexibility index (Phi) is 3.38. The van der Waals surface area contributed by atoms with E-state index in [2.05, 4.69) is 4.90 Å². The monoisotopic (exact) mass is 268 g/mol. The zero-order chi connectivity index (χ0) is 11.7. The van der Waals surface area contributed by atoms with Crippen molar-refractivity contribution in [1.82, 2.24) is 4.98 Å². The summed E-state index contributed by atoms with van der Waals surface area (Å²) in [5.74, 6) is 2.99. The molecule has 1 aromatic heterocycles. The average molecular weight is 268 g/mol. The van der Waals surface area contributed by atoms with Crippen LogP contribution >= 0.6 is 23.1 Å². The molecule has 92 valence electrons. The fourth-order valence-corrected chi connectivity index (χ4v) is 4.04. The Balaban J connectivity index is 1.83. The summed E-state index contributed by atoms with van der Waals surface area (Å²) in [5, 5.41) is 1.07. The second-order valence-electron chi connectivity index (χ2n) is 4.59. The number of hydrogen-bond acceptors (Lipinski definition) is 5. The Morgan fingerprint density at radius 3 is 2.94 bits per heavy atom. The third-order valence-electron chi connectivity index (χ3n) is 3.23. The summed E-state index contributed by atoms with van der Waals surface area (Å²) in [6, 6.07) is 0. The molecule has 1 saturated carbocycles. The molecular formula is C12H16N2OS2. The van der Waals surface area contributed by atoms with Crippen LogP contribution < -0.4 is 4.90 Å². The van der Waals surface area contributed by atoms with Gasteiger partial charge in [-0.15, -0.1) is 0 Å². The molecule has 0 bridgehead atoms. The van der Waals surface area contributed by atoms with Gasteiger partial charge in [0.05, 0.1) is 10.6 Å². The molecule has 0 atom stereocenters. The van der Waals surface area contributed by atoms with Crippen LogP contribution in [-0.4, -0.2) is 35.9 Å². The molecule has 5 heteroatoms. The molecule has 2 aliphatic rings. The third-order valence-corrected chi connectivity index (χ3v) is 5.34. The first kappa shape index (κ1) is 11.5. The Bertz CT molecular complexity index is 407. The predicted molar refractivity (Wildman–Crippen MR) is 73.6 cm³/mol. The van der Waals surface area contributed by atoms with Crippen molar-refractivity contribution in [2.24, 2.45) is 0 Å². The summed E-state index contributed by atoms with van der Waals surface area (Å²) in [7, 11) is 0. The lowest BCUT2D eigenvalue weighted by atomic mass is 10.3. The summed E-state index contributed by atoms with van der Waals surface area (Å²) in [4.78, 5) is 19.0. The van der Waals surface area contributed by atoms with Gasteiger partial charge < -0.3 is 4.90 Å². The van der Waals surface area contributed by atoms with Gasteiger partial charge in [-0.05, 0) is 25.0 Å². The largest absolute Gasteiger partial charge is 0.347 e. The van der Waals surface area contributed by atoms with Gasteiger partial charge in [0.25, 0.3) is 0 Å². The molecule has 0 radical (unpaired) electrons. The van der Waals surface area contributed by atoms with Crippen LogP contribution in [0.5, 0.6) is 0 Å². The standard InChI is InChI=1S/C12H16N2OS2/c15-8-10-11(9-2-3-9)13-12(17-10)14-4-1-6-16-7-5-14/h8-9H,1-7H2. The third kappa shape index (κ3) is 2.50. The normalized spacial score (nSPS) is 21.3. The molecule has 3 nitrogen and oxygen atoms in total. The first-order valence-corrected chi connectivity index (χ1v) is 8.14. The maximum Gasteiger partial charge on any atom is 0.186 e. The highest BCUT2D eigenvalue weighted by Gasteiger charge is 2.30. The molecule has 0 aromatic carbocycles. The molecule has 0 unspecified atom stereocenters. The SMILES string of the molecule is O=Cc1sc(N2CCCSCC2)nc1C1CC1. The van der Waals surface area contributed by atoms with E-state index in [0.717, 1.165) is 35.1 Å². The highest BCUT2D eigenvalue weighted by Crippen LogP contribution is 2.43. The van der Waals surface area contributed by atoms with Crippen LogP contribution in [0.4, 0.5) is 5.13 Å². The van der Waals surface area contributed by atoms with Crippen LogP contribution in [0.15, 0.2) is 0 Å². The van der Waals surface area contributed by atoms with Gasteiger partial charge in [-0.3, -0.25) is 4.79 Å². The van der Waals surface area contributed by atoms with Crippen LogP contribution in [0.2, 0.25) is 0 Å². The lowest BCUT2D eigenvalue weighted by Crippen LogP contribution is -2.25. The number of aldehydes is 1. The van der Waals surface area contributed by atoms with E-state index in [4.69, 9.17) is 4.98 Å². The molecule has 17 heavy (non-hydrogen) atoms. The van der Waals surface area contributed by atoms with E-state index >= 15 is 0 Å². The molecule has 1 aliphatic heterocycles. The van der Waals surface area contributed by atoms with Crippen molar-refractivity contribution in [2.75, 3.05) is 29.5 Å². The van der Waals surface area contributed by atoms with Gasteiger partial charge in [0.1, 0.15) is 0 Å². The molecule has 0 spiro atoms. The van der Waals surface area contributed by atoms with E-state index in [9.17, 15) is 4.79 Å². The van der Waals surface area contributed by atoms with Gasteiger partial charge in [-0.25, -0.2) is 4.98 Å². The average Bonchev–Trinajstić information content (AvgIpc) is 3.14. The summed E-state index contributed by atoms with van der Waals surface area (Å²) >= 11 is 3.60. The van der Waals surface area contributed by atoms with Gasteiger partial charge in [0.15, 0.2) is 11.4 Å². The minimum atomic E-state index is 0.571. The Hall–Kier alpha value is -0.550. The van der Waals surface area contributed by atoms with Crippen molar-refractivity contribution >= 4 is 34.5 Å². The first-order chi connectivity index (χ1) is 8.38. The number of anilines is 1. The van der Waals surface area contributed by atoms with Crippen LogP contribution in [0.1, 0.15) is 40.5 Å². The van der Waals surface area contributed by atoms with Crippen molar-refractivity contribution in [2.45, 2.75) is 25.2 Å². The van der Waals surface area contributed by atoms with Crippen molar-refractivity contribution in [3.05, 3.63) is 10.6 Å². The fraction of sp³-hybridized carbons (Fsp3) is 0.667. The first-order valence-electron chi connectivity index (χ1n) is 6.17. The summed E-state index contributed by atoms with van der Waals surface area (Å²) in [6.45, 7) is 2.16. The lowest BCUT2D eigenvalue weighted by Gasteiger charge is -2.18. The highest BCUT2D eigenvalue weighted by molar-refractivity contribution is 7.99. The van der Waals surface area contributed by atoms with Crippen molar-refractivity contribution < 1.29 is 4.79 Å². The molecule has 1 aromatic rings. The van der Waals surface area contributed by atoms with Crippen LogP contribution in [0, 0.1) is 0 Å². The number of carbonyl (C=O) groups excluding carboxylic acids is 1. The van der Waals surface area contributed by atoms with Gasteiger partial charge in [-0.2, -0.15) is 11.8 Å². The number of thioether (sulfide) groups is 1. The molecule has 2 fully saturated rings. The highest BCUT2D eigenvalue weighted by atomic mass is 32.2. The smallest absolute Gasteiger partial charge is 0.186 e. The number of aromatic nitrogens is 1. The number of rotatable bonds is 3. The minimum Gasteiger partial charge on any atom is -0.347 e. The van der Waals surface area contributed by atoms with Crippen LogP contribution in [0.25, 0.3) is 0 Å². The van der Waals surface area contributed by atoms with Crippen LogP contribution in [-0.2, 0) is 0 Å². The van der Waals surface area contributed by atoms with Gasteiger partial charge in [-0.1, -0.05) is 11.3 Å². The lowest BCUT2D eigenvalue weighted by molar-refractivity contribution is 0.112. The maximum atomic E-state index is 11.1. The number of carbonyl (C=O) groups is 1. The predicted octanol–water partition coefficient (Wildman–Crippen LogP) is 2.78. The van der Waals surface area contributed by atoms with E-state index in [-0.39, 0.29) is 0 Å². The molecule has 0 N–H and O–H groups in total. The molecular weight excluding hydrogens is 252 g/mol. The quantitative estimate of drug-likeness (QED) is 0.789. The second-order valence-corrected chi connectivity index (χ2v) is 6.82. The van der Waals surface area contributed by atoms with Crippen LogP contribution in [0.3, 0.4) is 0 Å². The second kappa shape index (κ2) is 4.98. The number of thiazole rings is 1. The molecule has 2 heterocycles. The topological polar surface area (TPSA) is 33.2 Å². The van der Waals surface area contributed by atoms with Gasteiger partial charge in [0, 0.05) is 24.8 Å². The molecule has 3 rings (SSSR count). The zero-order valence-electron chi connectivity index (χ0n) is 9.72. The van der Waals surface area contributed by atoms with Crippen molar-refractivity contribution in [3.63, 3.8) is 0 Å². The Morgan fingerprint density at radius 2 is 2.18 bits per heavy atom. The summed E-state index contributed by atoms with van der Waals surface area (Å²) < 4.78 is 0. The minimum absolute atomic E-state index is 0.571. The van der Waals surface area contributed by atoms with Crippen molar-refractivity contribution in [1.29, 1.82) is 0 Å². The van der Waals surface area contributed by atoms with E-state index < -0.39 is 0 Å². The Labute approximate surface area is 110 Å². The van der Waals surface area contributed by atoms with E-state index in [1.54, 1.807) is 11.3 Å². The van der Waals surface area contributed by atoms with E-state index in [1.807, 2.05) is 11.8 Å². The molecule has 1 saturated heterocycles. The van der Waals surface area contributed by atoms with Gasteiger partial charge >= 0.3 is 0 Å². The number of hydrogen-bond donors (Lipinski definition) is 0. The molecule has 1 aliphatic carbocycles. The van der Waals surface area contributed by atoms with Crippen molar-refractivity contribution in [3.8, 4) is 0 Å².